The van der Waals surface area contributed by atoms with Crippen molar-refractivity contribution in [3.63, 3.8) is 0 Å². The molecule has 0 N–H and O–H groups in total. The second kappa shape index (κ2) is 7.82. The number of rotatable bonds is 6. The summed E-state index contributed by atoms with van der Waals surface area (Å²) in [6, 6.07) is 12.9. The molecular formula is C22H19FN4O3. The van der Waals surface area contributed by atoms with Gasteiger partial charge in [-0.05, 0) is 42.0 Å². The van der Waals surface area contributed by atoms with Crippen LogP contribution in [0.5, 0.6) is 5.75 Å². The van der Waals surface area contributed by atoms with E-state index in [9.17, 15) is 14.0 Å². The van der Waals surface area contributed by atoms with Gasteiger partial charge in [0, 0.05) is 13.1 Å². The fourth-order valence-corrected chi connectivity index (χ4v) is 3.34. The van der Waals surface area contributed by atoms with Crippen molar-refractivity contribution in [2.45, 2.75) is 13.1 Å². The fraction of sp³-hybridized carbons (Fsp3) is 0.136. The van der Waals surface area contributed by atoms with Crippen molar-refractivity contribution < 1.29 is 9.13 Å². The standard InChI is InChI=1S/C22H19FN4O3/c1-3-12-26-21(28)19-20(27(22(26)29)17-8-6-16(23)7-9-17)24-14-25(19)13-15-4-10-18(30-2)11-5-15/h3-11,14H,1,12-13H2,2H3. The molecule has 2 aromatic heterocycles. The number of allylic oxidation sites excluding steroid dienone is 1. The molecule has 2 heterocycles. The number of nitrogens with zero attached hydrogens (tertiary/aromatic N) is 4. The van der Waals surface area contributed by atoms with E-state index in [1.54, 1.807) is 11.7 Å². The third-order valence-corrected chi connectivity index (χ3v) is 4.81. The number of methoxy groups -OCH3 is 1. The lowest BCUT2D eigenvalue weighted by Gasteiger charge is -2.12. The monoisotopic (exact) mass is 406 g/mol. The van der Waals surface area contributed by atoms with Crippen LogP contribution >= 0.6 is 0 Å². The molecule has 0 aliphatic carbocycles. The molecule has 0 unspecified atom stereocenters. The third-order valence-electron chi connectivity index (χ3n) is 4.81. The first-order valence-electron chi connectivity index (χ1n) is 9.24. The highest BCUT2D eigenvalue weighted by Crippen LogP contribution is 2.17. The van der Waals surface area contributed by atoms with E-state index in [-0.39, 0.29) is 17.7 Å². The van der Waals surface area contributed by atoms with Gasteiger partial charge >= 0.3 is 5.69 Å². The van der Waals surface area contributed by atoms with E-state index in [4.69, 9.17) is 4.74 Å². The lowest BCUT2D eigenvalue weighted by Crippen LogP contribution is -2.39. The zero-order chi connectivity index (χ0) is 21.3. The number of aromatic nitrogens is 4. The van der Waals surface area contributed by atoms with E-state index in [0.717, 1.165) is 15.9 Å². The maximum absolute atomic E-state index is 13.4. The molecule has 0 radical (unpaired) electrons. The summed E-state index contributed by atoms with van der Waals surface area (Å²) in [6.45, 7) is 4.06. The van der Waals surface area contributed by atoms with E-state index >= 15 is 0 Å². The highest BCUT2D eigenvalue weighted by atomic mass is 19.1. The number of benzene rings is 2. The summed E-state index contributed by atoms with van der Waals surface area (Å²) >= 11 is 0. The highest BCUT2D eigenvalue weighted by molar-refractivity contribution is 5.72. The number of fused-ring (bicyclic) bond motifs is 1. The molecule has 0 atom stereocenters. The summed E-state index contributed by atoms with van der Waals surface area (Å²) in [5, 5.41) is 0. The van der Waals surface area contributed by atoms with Crippen LogP contribution < -0.4 is 16.0 Å². The molecule has 4 rings (SSSR count). The van der Waals surface area contributed by atoms with Crippen LogP contribution in [-0.4, -0.2) is 25.8 Å². The normalized spacial score (nSPS) is 11.0. The topological polar surface area (TPSA) is 71.0 Å². The van der Waals surface area contributed by atoms with Gasteiger partial charge < -0.3 is 9.30 Å². The Bertz CT molecular complexity index is 1330. The van der Waals surface area contributed by atoms with Gasteiger partial charge in [0.15, 0.2) is 11.2 Å². The predicted molar refractivity (Wildman–Crippen MR) is 112 cm³/mol. The van der Waals surface area contributed by atoms with Gasteiger partial charge in [-0.15, -0.1) is 6.58 Å². The van der Waals surface area contributed by atoms with E-state index in [0.29, 0.717) is 12.2 Å². The summed E-state index contributed by atoms with van der Waals surface area (Å²) < 4.78 is 22.7. The highest BCUT2D eigenvalue weighted by Gasteiger charge is 2.19. The lowest BCUT2D eigenvalue weighted by atomic mass is 10.2. The average Bonchev–Trinajstić information content (AvgIpc) is 3.16. The van der Waals surface area contributed by atoms with Crippen molar-refractivity contribution >= 4 is 11.2 Å². The second-order valence-electron chi connectivity index (χ2n) is 6.69. The Hall–Kier alpha value is -3.94. The van der Waals surface area contributed by atoms with E-state index in [2.05, 4.69) is 11.6 Å². The first-order chi connectivity index (χ1) is 14.5. The van der Waals surface area contributed by atoms with Gasteiger partial charge in [-0.1, -0.05) is 18.2 Å². The Morgan fingerprint density at radius 3 is 2.43 bits per heavy atom. The molecular weight excluding hydrogens is 387 g/mol. The van der Waals surface area contributed by atoms with Crippen molar-refractivity contribution in [1.82, 2.24) is 18.7 Å². The van der Waals surface area contributed by atoms with Crippen LogP contribution in [0.15, 0.2) is 77.1 Å². The van der Waals surface area contributed by atoms with Crippen LogP contribution in [-0.2, 0) is 13.1 Å². The quantitative estimate of drug-likeness (QED) is 0.462. The Morgan fingerprint density at radius 2 is 1.80 bits per heavy atom. The number of hydrogen-bond acceptors (Lipinski definition) is 4. The van der Waals surface area contributed by atoms with Gasteiger partial charge in [0.05, 0.1) is 19.1 Å². The Labute approximate surface area is 170 Å². The zero-order valence-electron chi connectivity index (χ0n) is 16.3. The maximum atomic E-state index is 13.4. The molecule has 4 aromatic rings. The van der Waals surface area contributed by atoms with E-state index in [1.807, 2.05) is 24.3 Å². The van der Waals surface area contributed by atoms with Crippen molar-refractivity contribution in [3.8, 4) is 11.4 Å². The molecule has 2 aromatic carbocycles. The van der Waals surface area contributed by atoms with E-state index < -0.39 is 17.1 Å². The molecule has 0 bridgehead atoms. The summed E-state index contributed by atoms with van der Waals surface area (Å²) in [7, 11) is 1.59. The van der Waals surface area contributed by atoms with Crippen molar-refractivity contribution in [2.24, 2.45) is 0 Å². The van der Waals surface area contributed by atoms with Crippen LogP contribution in [0.3, 0.4) is 0 Å². The minimum atomic E-state index is -0.561. The van der Waals surface area contributed by atoms with Crippen LogP contribution in [0.25, 0.3) is 16.9 Å². The minimum absolute atomic E-state index is 0.0442. The van der Waals surface area contributed by atoms with Gasteiger partial charge in [0.1, 0.15) is 11.6 Å². The zero-order valence-corrected chi connectivity index (χ0v) is 16.3. The van der Waals surface area contributed by atoms with Gasteiger partial charge in [0.25, 0.3) is 5.56 Å². The summed E-state index contributed by atoms with van der Waals surface area (Å²) in [6.07, 6.45) is 3.00. The molecule has 0 amide bonds. The van der Waals surface area contributed by atoms with Crippen molar-refractivity contribution in [1.29, 1.82) is 0 Å². The first kappa shape index (κ1) is 19.4. The summed E-state index contributed by atoms with van der Waals surface area (Å²) in [4.78, 5) is 30.5. The third kappa shape index (κ3) is 3.32. The summed E-state index contributed by atoms with van der Waals surface area (Å²) in [5.74, 6) is 0.306. The molecule has 8 heteroatoms. The van der Waals surface area contributed by atoms with E-state index in [1.165, 1.54) is 41.2 Å². The molecule has 0 saturated heterocycles. The molecule has 152 valence electrons. The van der Waals surface area contributed by atoms with Crippen LogP contribution in [0.4, 0.5) is 4.39 Å². The van der Waals surface area contributed by atoms with Gasteiger partial charge in [-0.3, -0.25) is 9.36 Å². The number of imidazole rings is 1. The van der Waals surface area contributed by atoms with Crippen molar-refractivity contribution in [3.05, 3.63) is 99.7 Å². The predicted octanol–water partition coefficient (Wildman–Crippen LogP) is 2.73. The van der Waals surface area contributed by atoms with Crippen LogP contribution in [0.1, 0.15) is 5.56 Å². The lowest BCUT2D eigenvalue weighted by molar-refractivity contribution is 0.414. The Morgan fingerprint density at radius 1 is 1.10 bits per heavy atom. The largest absolute Gasteiger partial charge is 0.497 e. The molecule has 0 fully saturated rings. The average molecular weight is 406 g/mol. The number of ether oxygens (including phenoxy) is 1. The first-order valence-corrected chi connectivity index (χ1v) is 9.24. The molecule has 0 aliphatic rings. The molecule has 0 aliphatic heterocycles. The Kier molecular flexibility index (Phi) is 5.05. The number of hydrogen-bond donors (Lipinski definition) is 0. The molecule has 7 nitrogen and oxygen atoms in total. The smallest absolute Gasteiger partial charge is 0.337 e. The SMILES string of the molecule is C=CCn1c(=O)c2c(ncn2Cc2ccc(OC)cc2)n(-c2ccc(F)cc2)c1=O. The maximum Gasteiger partial charge on any atom is 0.337 e. The van der Waals surface area contributed by atoms with Gasteiger partial charge in [-0.25, -0.2) is 18.7 Å². The number of halogens is 1. The minimum Gasteiger partial charge on any atom is -0.497 e. The Balaban J connectivity index is 1.94. The second-order valence-corrected chi connectivity index (χ2v) is 6.69. The fourth-order valence-electron chi connectivity index (χ4n) is 3.34. The van der Waals surface area contributed by atoms with Gasteiger partial charge in [-0.2, -0.15) is 0 Å². The summed E-state index contributed by atoms with van der Waals surface area (Å²) in [5.41, 5.74) is 0.818. The van der Waals surface area contributed by atoms with Crippen LogP contribution in [0.2, 0.25) is 0 Å². The van der Waals surface area contributed by atoms with Gasteiger partial charge in [0.2, 0.25) is 0 Å². The molecule has 0 saturated carbocycles. The van der Waals surface area contributed by atoms with Crippen LogP contribution in [0, 0.1) is 5.82 Å². The van der Waals surface area contributed by atoms with Crippen molar-refractivity contribution in [2.75, 3.05) is 7.11 Å². The molecule has 30 heavy (non-hydrogen) atoms. The molecule has 0 spiro atoms.